The Hall–Kier alpha value is -0.740. The number of hydrogen-bond donors (Lipinski definition) is 1. The first-order valence-corrected chi connectivity index (χ1v) is 8.23. The summed E-state index contributed by atoms with van der Waals surface area (Å²) in [4.78, 5) is 2.41. The fourth-order valence-corrected chi connectivity index (χ4v) is 3.45. The molecule has 0 aliphatic carbocycles. The average molecular weight is 282 g/mol. The molecule has 1 aromatic rings. The van der Waals surface area contributed by atoms with Crippen LogP contribution in [0.25, 0.3) is 0 Å². The zero-order valence-electron chi connectivity index (χ0n) is 11.8. The summed E-state index contributed by atoms with van der Waals surface area (Å²) in [6.45, 7) is 7.21. The highest BCUT2D eigenvalue weighted by molar-refractivity contribution is 7.99. The van der Waals surface area contributed by atoms with Gasteiger partial charge in [0.05, 0.1) is 0 Å². The van der Waals surface area contributed by atoms with Crippen molar-refractivity contribution in [2.45, 2.75) is 26.3 Å². The standard InChI is InChI=1S/C15H23FN2S/c1-3-17-12(2)14-11-13(16)5-6-15(14)18-7-4-9-19-10-8-18/h5-6,11-12,17H,3-4,7-10H2,1-2H3. The molecular weight excluding hydrogens is 259 g/mol. The van der Waals surface area contributed by atoms with Gasteiger partial charge in [-0.05, 0) is 49.4 Å². The molecule has 0 bridgehead atoms. The first-order valence-electron chi connectivity index (χ1n) is 7.08. The predicted octanol–water partition coefficient (Wildman–Crippen LogP) is 3.44. The molecule has 1 N–H and O–H groups in total. The SMILES string of the molecule is CCNC(C)c1cc(F)ccc1N1CCCSCC1. The van der Waals surface area contributed by atoms with Crippen LogP contribution < -0.4 is 10.2 Å². The van der Waals surface area contributed by atoms with Crippen LogP contribution in [0.1, 0.15) is 31.9 Å². The van der Waals surface area contributed by atoms with E-state index in [1.807, 2.05) is 17.8 Å². The molecule has 0 aromatic heterocycles. The lowest BCUT2D eigenvalue weighted by molar-refractivity contribution is 0.581. The van der Waals surface area contributed by atoms with Gasteiger partial charge in [-0.25, -0.2) is 4.39 Å². The summed E-state index contributed by atoms with van der Waals surface area (Å²) in [6, 6.07) is 5.39. The highest BCUT2D eigenvalue weighted by Crippen LogP contribution is 2.29. The van der Waals surface area contributed by atoms with E-state index in [-0.39, 0.29) is 11.9 Å². The van der Waals surface area contributed by atoms with E-state index < -0.39 is 0 Å². The molecule has 4 heteroatoms. The molecule has 1 aliphatic rings. The molecule has 0 amide bonds. The topological polar surface area (TPSA) is 15.3 Å². The summed E-state index contributed by atoms with van der Waals surface area (Å²) in [6.07, 6.45) is 1.21. The van der Waals surface area contributed by atoms with Gasteiger partial charge in [0, 0.05) is 30.6 Å². The molecule has 0 radical (unpaired) electrons. The van der Waals surface area contributed by atoms with E-state index in [0.717, 1.165) is 31.0 Å². The van der Waals surface area contributed by atoms with Crippen molar-refractivity contribution in [1.82, 2.24) is 5.32 Å². The number of benzene rings is 1. The molecule has 2 nitrogen and oxygen atoms in total. The van der Waals surface area contributed by atoms with Crippen LogP contribution in [0.5, 0.6) is 0 Å². The second-order valence-electron chi connectivity index (χ2n) is 4.94. The Bertz CT molecular complexity index is 403. The lowest BCUT2D eigenvalue weighted by Crippen LogP contribution is -2.28. The third kappa shape index (κ3) is 3.86. The predicted molar refractivity (Wildman–Crippen MR) is 82.6 cm³/mol. The molecule has 19 heavy (non-hydrogen) atoms. The van der Waals surface area contributed by atoms with Crippen LogP contribution in [0.4, 0.5) is 10.1 Å². The lowest BCUT2D eigenvalue weighted by atomic mass is 10.0. The van der Waals surface area contributed by atoms with Crippen LogP contribution in [0.15, 0.2) is 18.2 Å². The Morgan fingerprint density at radius 3 is 3.00 bits per heavy atom. The molecule has 1 atom stereocenters. The molecule has 1 unspecified atom stereocenters. The van der Waals surface area contributed by atoms with Crippen LogP contribution in [-0.2, 0) is 0 Å². The van der Waals surface area contributed by atoms with Crippen molar-refractivity contribution in [1.29, 1.82) is 0 Å². The molecule has 0 saturated carbocycles. The number of nitrogens with one attached hydrogen (secondary N) is 1. The fraction of sp³-hybridized carbons (Fsp3) is 0.600. The van der Waals surface area contributed by atoms with E-state index in [1.54, 1.807) is 12.1 Å². The van der Waals surface area contributed by atoms with Gasteiger partial charge >= 0.3 is 0 Å². The van der Waals surface area contributed by atoms with Gasteiger partial charge in [-0.3, -0.25) is 0 Å². The number of hydrogen-bond acceptors (Lipinski definition) is 3. The van der Waals surface area contributed by atoms with Gasteiger partial charge < -0.3 is 10.2 Å². The zero-order valence-corrected chi connectivity index (χ0v) is 12.6. The molecular formula is C15H23FN2S. The van der Waals surface area contributed by atoms with Crippen LogP contribution in [0.3, 0.4) is 0 Å². The average Bonchev–Trinajstić information content (AvgIpc) is 2.68. The molecule has 1 fully saturated rings. The van der Waals surface area contributed by atoms with E-state index in [4.69, 9.17) is 0 Å². The van der Waals surface area contributed by atoms with Gasteiger partial charge in [0.2, 0.25) is 0 Å². The highest BCUT2D eigenvalue weighted by atomic mass is 32.2. The molecule has 2 rings (SSSR count). The third-order valence-corrected chi connectivity index (χ3v) is 4.58. The fourth-order valence-electron chi connectivity index (χ4n) is 2.56. The quantitative estimate of drug-likeness (QED) is 0.910. The van der Waals surface area contributed by atoms with Gasteiger partial charge in [-0.1, -0.05) is 6.92 Å². The second kappa shape index (κ2) is 7.15. The molecule has 106 valence electrons. The van der Waals surface area contributed by atoms with E-state index in [0.29, 0.717) is 0 Å². The number of nitrogens with zero attached hydrogens (tertiary/aromatic N) is 1. The summed E-state index contributed by atoms with van der Waals surface area (Å²) in [5, 5.41) is 3.39. The minimum absolute atomic E-state index is 0.146. The Morgan fingerprint density at radius 2 is 2.21 bits per heavy atom. The molecule has 1 aromatic carbocycles. The Kier molecular flexibility index (Phi) is 5.52. The van der Waals surface area contributed by atoms with Crippen molar-refractivity contribution >= 4 is 17.4 Å². The Morgan fingerprint density at radius 1 is 1.37 bits per heavy atom. The van der Waals surface area contributed by atoms with Crippen LogP contribution >= 0.6 is 11.8 Å². The van der Waals surface area contributed by atoms with Crippen molar-refractivity contribution < 1.29 is 4.39 Å². The first kappa shape index (κ1) is 14.7. The van der Waals surface area contributed by atoms with Gasteiger partial charge in [0.1, 0.15) is 5.82 Å². The maximum absolute atomic E-state index is 13.5. The zero-order chi connectivity index (χ0) is 13.7. The van der Waals surface area contributed by atoms with Gasteiger partial charge in [0.15, 0.2) is 0 Å². The summed E-state index contributed by atoms with van der Waals surface area (Å²) in [5.41, 5.74) is 2.27. The van der Waals surface area contributed by atoms with Gasteiger partial charge in [0.25, 0.3) is 0 Å². The van der Waals surface area contributed by atoms with Gasteiger partial charge in [-0.2, -0.15) is 11.8 Å². The van der Waals surface area contributed by atoms with Crippen LogP contribution in [0, 0.1) is 5.82 Å². The number of halogens is 1. The summed E-state index contributed by atoms with van der Waals surface area (Å²) in [7, 11) is 0. The summed E-state index contributed by atoms with van der Waals surface area (Å²) < 4.78 is 13.5. The molecule has 1 heterocycles. The highest BCUT2D eigenvalue weighted by Gasteiger charge is 2.17. The van der Waals surface area contributed by atoms with Crippen LogP contribution in [-0.4, -0.2) is 31.1 Å². The van der Waals surface area contributed by atoms with Crippen molar-refractivity contribution in [2.75, 3.05) is 36.0 Å². The Labute approximate surface area is 119 Å². The Balaban J connectivity index is 2.26. The minimum Gasteiger partial charge on any atom is -0.370 e. The first-order chi connectivity index (χ1) is 9.22. The third-order valence-electron chi connectivity index (χ3n) is 3.53. The van der Waals surface area contributed by atoms with Crippen LogP contribution in [0.2, 0.25) is 0 Å². The summed E-state index contributed by atoms with van der Waals surface area (Å²) >= 11 is 2.01. The molecule has 1 aliphatic heterocycles. The lowest BCUT2D eigenvalue weighted by Gasteiger charge is -2.27. The molecule has 1 saturated heterocycles. The van der Waals surface area contributed by atoms with E-state index in [2.05, 4.69) is 24.1 Å². The van der Waals surface area contributed by atoms with Gasteiger partial charge in [-0.15, -0.1) is 0 Å². The van der Waals surface area contributed by atoms with E-state index >= 15 is 0 Å². The van der Waals surface area contributed by atoms with E-state index in [1.165, 1.54) is 17.9 Å². The minimum atomic E-state index is -0.146. The monoisotopic (exact) mass is 282 g/mol. The smallest absolute Gasteiger partial charge is 0.123 e. The normalized spacial score (nSPS) is 18.2. The number of thioether (sulfide) groups is 1. The maximum Gasteiger partial charge on any atom is 0.123 e. The number of rotatable bonds is 4. The second-order valence-corrected chi connectivity index (χ2v) is 6.16. The van der Waals surface area contributed by atoms with Crippen molar-refractivity contribution in [3.8, 4) is 0 Å². The van der Waals surface area contributed by atoms with Crippen molar-refractivity contribution in [3.63, 3.8) is 0 Å². The van der Waals surface area contributed by atoms with Crippen molar-refractivity contribution in [2.24, 2.45) is 0 Å². The summed E-state index contributed by atoms with van der Waals surface area (Å²) in [5.74, 6) is 2.25. The molecule has 0 spiro atoms. The maximum atomic E-state index is 13.5. The van der Waals surface area contributed by atoms with Crippen molar-refractivity contribution in [3.05, 3.63) is 29.6 Å². The largest absolute Gasteiger partial charge is 0.370 e. The van der Waals surface area contributed by atoms with E-state index in [9.17, 15) is 4.39 Å². The number of anilines is 1.